The van der Waals surface area contributed by atoms with E-state index >= 15 is 0 Å². The highest BCUT2D eigenvalue weighted by Crippen LogP contribution is 2.60. The van der Waals surface area contributed by atoms with E-state index in [0.717, 1.165) is 29.9 Å². The van der Waals surface area contributed by atoms with E-state index in [1.54, 1.807) is 0 Å². The van der Waals surface area contributed by atoms with Crippen LogP contribution < -0.4 is 4.90 Å². The molecule has 3 aliphatic rings. The lowest BCUT2D eigenvalue weighted by molar-refractivity contribution is 0.660. The zero-order valence-corrected chi connectivity index (χ0v) is 36.2. The second-order valence-corrected chi connectivity index (χ2v) is 17.0. The van der Waals surface area contributed by atoms with Crippen molar-refractivity contribution in [2.45, 2.75) is 72.1 Å². The first-order valence-electron chi connectivity index (χ1n) is 21.8. The summed E-state index contributed by atoms with van der Waals surface area (Å²) in [7, 11) is 0. The van der Waals surface area contributed by atoms with Crippen molar-refractivity contribution in [3.8, 4) is 11.1 Å². The van der Waals surface area contributed by atoms with E-state index in [2.05, 4.69) is 222 Å². The fraction of sp³-hybridized carbons (Fsp3) is 0.186. The summed E-state index contributed by atoms with van der Waals surface area (Å²) >= 11 is 0. The lowest BCUT2D eigenvalue weighted by Gasteiger charge is -2.37. The molecule has 0 unspecified atom stereocenters. The Morgan fingerprint density at radius 2 is 1.08 bits per heavy atom. The minimum absolute atomic E-state index is 0.124. The minimum Gasteiger partial charge on any atom is -0.310 e. The second kappa shape index (κ2) is 15.6. The molecule has 7 aromatic carbocycles. The highest BCUT2D eigenvalue weighted by atomic mass is 15.1. The van der Waals surface area contributed by atoms with Gasteiger partial charge in [0, 0.05) is 22.5 Å². The Hall–Kier alpha value is -6.44. The van der Waals surface area contributed by atoms with Crippen molar-refractivity contribution in [2.24, 2.45) is 0 Å². The molecule has 0 heterocycles. The summed E-state index contributed by atoms with van der Waals surface area (Å²) in [5, 5.41) is 0. The van der Waals surface area contributed by atoms with Gasteiger partial charge in [-0.1, -0.05) is 179 Å². The predicted octanol–water partition coefficient (Wildman–Crippen LogP) is 16.1. The molecule has 0 aliphatic heterocycles. The number of nitrogens with zero attached hydrogens (tertiary/aromatic N) is 1. The minimum atomic E-state index is -0.543. The van der Waals surface area contributed by atoms with Crippen molar-refractivity contribution in [2.75, 3.05) is 4.90 Å². The van der Waals surface area contributed by atoms with Crippen molar-refractivity contribution in [3.63, 3.8) is 0 Å². The van der Waals surface area contributed by atoms with Gasteiger partial charge in [-0.05, 0) is 148 Å². The molecule has 3 aliphatic carbocycles. The average molecular weight is 778 g/mol. The summed E-state index contributed by atoms with van der Waals surface area (Å²) < 4.78 is 0. The highest BCUT2D eigenvalue weighted by Gasteiger charge is 2.48. The van der Waals surface area contributed by atoms with Crippen LogP contribution in [0, 0.1) is 13.8 Å². The Morgan fingerprint density at radius 1 is 0.483 bits per heavy atom. The van der Waals surface area contributed by atoms with E-state index in [4.69, 9.17) is 0 Å². The zero-order valence-electron chi connectivity index (χ0n) is 36.2. The fourth-order valence-electron chi connectivity index (χ4n) is 10.3. The average Bonchev–Trinajstić information content (AvgIpc) is 3.68. The maximum Gasteiger partial charge on any atom is 0.0716 e. The maximum atomic E-state index is 2.50. The molecule has 296 valence electrons. The van der Waals surface area contributed by atoms with Crippen LogP contribution in [0.25, 0.3) is 27.8 Å². The topological polar surface area (TPSA) is 3.24 Å². The maximum absolute atomic E-state index is 2.50. The molecule has 0 bridgehead atoms. The Bertz CT molecular complexity index is 2770. The van der Waals surface area contributed by atoms with E-state index in [1.165, 1.54) is 83.5 Å². The summed E-state index contributed by atoms with van der Waals surface area (Å²) in [5.41, 5.74) is 22.5. The van der Waals surface area contributed by atoms with Crippen LogP contribution in [0.2, 0.25) is 0 Å². The standard InChI is InChI=1S/C57H49N.C2H6/c1-38-25-34-52-51(35-38)50-33-31-46(36-53(50)56(52,4)5)58(45-28-26-42(27-29-45)41-18-9-6-10-19-41)47-30-32-49-40(3)55(48-24-16-15-17-39(48)2)57(54(49)37-47,43-20-11-7-12-21-43)44-22-13-8-14-23-44;1-2/h7-9,11-37H,6,10H2,1-5H3;1-2H3. The number of rotatable bonds is 7. The first-order chi connectivity index (χ1) is 29.3. The van der Waals surface area contributed by atoms with Crippen molar-refractivity contribution in [1.82, 2.24) is 0 Å². The Balaban J connectivity index is 0.00000228. The number of benzene rings is 7. The van der Waals surface area contributed by atoms with Crippen molar-refractivity contribution >= 4 is 33.8 Å². The SMILES string of the molecule is CC.CC1=C(c2ccccc2C)C(c2ccccc2)(c2ccccc2)c2cc(N(c3ccc(C4=CCCC=C4)cc3)c3ccc4c(c3)C(C)(C)c3ccc(C)cc3-4)ccc21. The molecule has 0 atom stereocenters. The number of allylic oxidation sites excluding steroid dienone is 6. The van der Waals surface area contributed by atoms with Crippen LogP contribution in [0.5, 0.6) is 0 Å². The molecule has 1 heteroatoms. The van der Waals surface area contributed by atoms with Crippen LogP contribution in [0.4, 0.5) is 17.1 Å². The van der Waals surface area contributed by atoms with E-state index in [1.807, 2.05) is 13.8 Å². The Kier molecular flexibility index (Phi) is 10.2. The molecule has 0 saturated carbocycles. The summed E-state index contributed by atoms with van der Waals surface area (Å²) in [4.78, 5) is 2.49. The van der Waals surface area contributed by atoms with Crippen LogP contribution in [0.15, 0.2) is 182 Å². The Labute approximate surface area is 358 Å². The fourth-order valence-corrected chi connectivity index (χ4v) is 10.3. The first kappa shape index (κ1) is 39.0. The van der Waals surface area contributed by atoms with Crippen LogP contribution >= 0.6 is 0 Å². The summed E-state index contributed by atoms with van der Waals surface area (Å²) in [6.45, 7) is 15.5. The lowest BCUT2D eigenvalue weighted by Crippen LogP contribution is -2.29. The van der Waals surface area contributed by atoms with Gasteiger partial charge in [-0.2, -0.15) is 0 Å². The van der Waals surface area contributed by atoms with Gasteiger partial charge < -0.3 is 4.90 Å². The first-order valence-corrected chi connectivity index (χ1v) is 21.8. The molecule has 7 aromatic rings. The third-order valence-electron chi connectivity index (χ3n) is 13.2. The molecule has 0 radical (unpaired) electrons. The van der Waals surface area contributed by atoms with Gasteiger partial charge in [0.05, 0.1) is 5.41 Å². The molecule has 0 saturated heterocycles. The molecular formula is C59H55N. The zero-order chi connectivity index (χ0) is 41.6. The monoisotopic (exact) mass is 777 g/mol. The summed E-state index contributed by atoms with van der Waals surface area (Å²) in [5.74, 6) is 0. The molecule has 0 N–H and O–H groups in total. The van der Waals surface area contributed by atoms with Crippen LogP contribution in [0.1, 0.15) is 103 Å². The molecule has 1 nitrogen and oxygen atoms in total. The van der Waals surface area contributed by atoms with Gasteiger partial charge in [-0.15, -0.1) is 0 Å². The van der Waals surface area contributed by atoms with Gasteiger partial charge in [0.15, 0.2) is 0 Å². The van der Waals surface area contributed by atoms with Crippen LogP contribution in [0.3, 0.4) is 0 Å². The third kappa shape index (κ3) is 6.22. The molecular weight excluding hydrogens is 723 g/mol. The predicted molar refractivity (Wildman–Crippen MR) is 258 cm³/mol. The third-order valence-corrected chi connectivity index (χ3v) is 13.2. The van der Waals surface area contributed by atoms with E-state index in [-0.39, 0.29) is 5.41 Å². The van der Waals surface area contributed by atoms with Crippen molar-refractivity contribution in [3.05, 3.63) is 238 Å². The molecule has 0 fully saturated rings. The normalized spacial score (nSPS) is 15.3. The van der Waals surface area contributed by atoms with Gasteiger partial charge >= 0.3 is 0 Å². The lowest BCUT2D eigenvalue weighted by atomic mass is 9.65. The molecule has 0 spiro atoms. The number of hydrogen-bond donors (Lipinski definition) is 0. The van der Waals surface area contributed by atoms with Crippen molar-refractivity contribution < 1.29 is 0 Å². The van der Waals surface area contributed by atoms with E-state index in [9.17, 15) is 0 Å². The highest BCUT2D eigenvalue weighted by molar-refractivity contribution is 6.06. The van der Waals surface area contributed by atoms with Gasteiger partial charge in [0.1, 0.15) is 0 Å². The molecule has 0 aromatic heterocycles. The molecule has 60 heavy (non-hydrogen) atoms. The van der Waals surface area contributed by atoms with Gasteiger partial charge in [0.2, 0.25) is 0 Å². The molecule has 10 rings (SSSR count). The van der Waals surface area contributed by atoms with Crippen LogP contribution in [-0.4, -0.2) is 0 Å². The van der Waals surface area contributed by atoms with Crippen LogP contribution in [-0.2, 0) is 10.8 Å². The smallest absolute Gasteiger partial charge is 0.0716 e. The van der Waals surface area contributed by atoms with Crippen molar-refractivity contribution in [1.29, 1.82) is 0 Å². The van der Waals surface area contributed by atoms with E-state index < -0.39 is 5.41 Å². The number of anilines is 3. The van der Waals surface area contributed by atoms with Gasteiger partial charge in [-0.25, -0.2) is 0 Å². The summed E-state index contributed by atoms with van der Waals surface area (Å²) in [6, 6.07) is 61.9. The Morgan fingerprint density at radius 3 is 1.72 bits per heavy atom. The second-order valence-electron chi connectivity index (χ2n) is 17.0. The van der Waals surface area contributed by atoms with Gasteiger partial charge in [0.25, 0.3) is 0 Å². The largest absolute Gasteiger partial charge is 0.310 e. The molecule has 0 amide bonds. The van der Waals surface area contributed by atoms with E-state index in [0.29, 0.717) is 0 Å². The quantitative estimate of drug-likeness (QED) is 0.156. The summed E-state index contributed by atoms with van der Waals surface area (Å²) in [6.07, 6.45) is 9.12. The van der Waals surface area contributed by atoms with Gasteiger partial charge in [-0.3, -0.25) is 0 Å². The number of fused-ring (bicyclic) bond motifs is 4. The number of aryl methyl sites for hydroxylation is 2. The number of hydrogen-bond acceptors (Lipinski definition) is 1.